The van der Waals surface area contributed by atoms with Crippen molar-refractivity contribution in [3.63, 3.8) is 0 Å². The van der Waals surface area contributed by atoms with Gasteiger partial charge in [0.05, 0.1) is 23.7 Å². The van der Waals surface area contributed by atoms with E-state index in [9.17, 15) is 9.90 Å². The number of hydrogen-bond acceptors (Lipinski definition) is 5. The Morgan fingerprint density at radius 1 is 1.15 bits per heavy atom. The van der Waals surface area contributed by atoms with Crippen LogP contribution in [0.3, 0.4) is 0 Å². The average Bonchev–Trinajstić information content (AvgIpc) is 2.67. The third kappa shape index (κ3) is 2.49. The largest absolute Gasteiger partial charge is 0.506 e. The lowest BCUT2D eigenvalue weighted by atomic mass is 10.0. The minimum atomic E-state index is -0.635. The second-order valence-electron chi connectivity index (χ2n) is 6.02. The minimum Gasteiger partial charge on any atom is -0.506 e. The topological polar surface area (TPSA) is 72.6 Å². The molecule has 0 spiro atoms. The van der Waals surface area contributed by atoms with E-state index in [0.717, 1.165) is 22.9 Å². The van der Waals surface area contributed by atoms with Crippen molar-refractivity contribution in [1.29, 1.82) is 0 Å². The first-order valence-electron chi connectivity index (χ1n) is 8.35. The molecule has 0 amide bonds. The van der Waals surface area contributed by atoms with Gasteiger partial charge >= 0.3 is 5.63 Å². The number of benzene rings is 2. The molecule has 0 bridgehead atoms. The van der Waals surface area contributed by atoms with Crippen LogP contribution in [0.4, 0.5) is 0 Å². The molecule has 2 heterocycles. The zero-order valence-electron chi connectivity index (χ0n) is 14.4. The van der Waals surface area contributed by atoms with E-state index in [0.29, 0.717) is 16.8 Å². The summed E-state index contributed by atoms with van der Waals surface area (Å²) >= 11 is 0. The predicted molar refractivity (Wildman–Crippen MR) is 101 cm³/mol. The fourth-order valence-corrected chi connectivity index (χ4v) is 3.16. The number of methoxy groups -OCH3 is 1. The molecule has 5 nitrogen and oxygen atoms in total. The van der Waals surface area contributed by atoms with Gasteiger partial charge in [-0.05, 0) is 30.2 Å². The predicted octanol–water partition coefficient (Wildman–Crippen LogP) is 4.28. The van der Waals surface area contributed by atoms with Crippen molar-refractivity contribution in [1.82, 2.24) is 4.98 Å². The lowest BCUT2D eigenvalue weighted by Gasteiger charge is -2.11. The van der Waals surface area contributed by atoms with Crippen LogP contribution in [0.5, 0.6) is 11.5 Å². The van der Waals surface area contributed by atoms with E-state index in [1.807, 2.05) is 37.3 Å². The van der Waals surface area contributed by atoms with Gasteiger partial charge in [-0.15, -0.1) is 0 Å². The van der Waals surface area contributed by atoms with Gasteiger partial charge in [-0.2, -0.15) is 0 Å². The average molecular weight is 347 g/mol. The van der Waals surface area contributed by atoms with Crippen LogP contribution in [-0.2, 0) is 6.42 Å². The second kappa shape index (κ2) is 6.19. The van der Waals surface area contributed by atoms with Crippen molar-refractivity contribution in [3.05, 3.63) is 64.5 Å². The van der Waals surface area contributed by atoms with Gasteiger partial charge < -0.3 is 14.3 Å². The maximum absolute atomic E-state index is 12.5. The Morgan fingerprint density at radius 2 is 1.96 bits per heavy atom. The summed E-state index contributed by atoms with van der Waals surface area (Å²) in [5, 5.41) is 12.2. The Hall–Kier alpha value is -3.34. The van der Waals surface area contributed by atoms with E-state index in [1.165, 1.54) is 0 Å². The summed E-state index contributed by atoms with van der Waals surface area (Å²) in [5.74, 6) is 0.496. The quantitative estimate of drug-likeness (QED) is 0.560. The van der Waals surface area contributed by atoms with Gasteiger partial charge in [0.1, 0.15) is 22.6 Å². The van der Waals surface area contributed by atoms with Crippen molar-refractivity contribution in [2.24, 2.45) is 0 Å². The van der Waals surface area contributed by atoms with Crippen LogP contribution in [0.15, 0.2) is 57.7 Å². The van der Waals surface area contributed by atoms with Crippen LogP contribution in [-0.4, -0.2) is 17.2 Å². The number of aromatic hydroxyl groups is 1. The number of nitrogens with zero attached hydrogens (tertiary/aromatic N) is 1. The summed E-state index contributed by atoms with van der Waals surface area (Å²) in [6.45, 7) is 1.99. The molecule has 26 heavy (non-hydrogen) atoms. The zero-order valence-corrected chi connectivity index (χ0v) is 14.4. The van der Waals surface area contributed by atoms with Crippen molar-refractivity contribution in [2.45, 2.75) is 13.3 Å². The van der Waals surface area contributed by atoms with Crippen LogP contribution in [0, 0.1) is 0 Å². The van der Waals surface area contributed by atoms with E-state index < -0.39 is 5.63 Å². The lowest BCUT2D eigenvalue weighted by molar-refractivity contribution is 0.409. The monoisotopic (exact) mass is 347 g/mol. The Morgan fingerprint density at radius 3 is 2.73 bits per heavy atom. The van der Waals surface area contributed by atoms with Gasteiger partial charge in [0.25, 0.3) is 0 Å². The fraction of sp³-hybridized carbons (Fsp3) is 0.143. The van der Waals surface area contributed by atoms with Gasteiger partial charge in [0.15, 0.2) is 0 Å². The van der Waals surface area contributed by atoms with Crippen LogP contribution in [0.25, 0.3) is 33.1 Å². The van der Waals surface area contributed by atoms with Crippen molar-refractivity contribution < 1.29 is 14.3 Å². The smallest absolute Gasteiger partial charge is 0.349 e. The lowest BCUT2D eigenvalue weighted by Crippen LogP contribution is -2.05. The molecule has 0 aliphatic heterocycles. The first-order valence-corrected chi connectivity index (χ1v) is 8.35. The number of rotatable bonds is 3. The molecular weight excluding hydrogens is 330 g/mol. The third-order valence-electron chi connectivity index (χ3n) is 4.52. The molecule has 0 aliphatic rings. The molecule has 2 aromatic heterocycles. The van der Waals surface area contributed by atoms with Gasteiger partial charge in [-0.1, -0.05) is 31.2 Å². The molecule has 0 aliphatic carbocycles. The molecule has 4 aromatic rings. The number of fused-ring (bicyclic) bond motifs is 2. The molecule has 0 saturated carbocycles. The van der Waals surface area contributed by atoms with Gasteiger partial charge in [0, 0.05) is 11.5 Å². The molecule has 2 aromatic carbocycles. The van der Waals surface area contributed by atoms with E-state index >= 15 is 0 Å². The molecule has 5 heteroatoms. The van der Waals surface area contributed by atoms with Crippen LogP contribution < -0.4 is 10.4 Å². The first-order chi connectivity index (χ1) is 12.6. The van der Waals surface area contributed by atoms with Crippen molar-refractivity contribution in [2.75, 3.05) is 7.11 Å². The highest BCUT2D eigenvalue weighted by Gasteiger charge is 2.19. The standard InChI is InChI=1S/C21H17NO4/c1-3-12-10-14-18(11-17(12)25-2)26-21(24)19(20(14)23)16-9-8-13-6-4-5-7-15(13)22-16/h4-11,23H,3H2,1-2H3. The summed E-state index contributed by atoms with van der Waals surface area (Å²) in [7, 11) is 1.56. The molecular formula is C21H17NO4. The summed E-state index contributed by atoms with van der Waals surface area (Å²) in [6, 6.07) is 14.6. The highest BCUT2D eigenvalue weighted by atomic mass is 16.5. The molecule has 0 unspecified atom stereocenters. The highest BCUT2D eigenvalue weighted by Crippen LogP contribution is 2.36. The molecule has 0 atom stereocenters. The molecule has 0 fully saturated rings. The summed E-state index contributed by atoms with van der Waals surface area (Å²) in [6.07, 6.45) is 0.723. The van der Waals surface area contributed by atoms with Crippen LogP contribution in [0.2, 0.25) is 0 Å². The molecule has 0 saturated heterocycles. The van der Waals surface area contributed by atoms with E-state index in [-0.39, 0.29) is 16.9 Å². The van der Waals surface area contributed by atoms with Crippen molar-refractivity contribution >= 4 is 21.9 Å². The van der Waals surface area contributed by atoms with E-state index in [2.05, 4.69) is 4.98 Å². The third-order valence-corrected chi connectivity index (χ3v) is 4.52. The Kier molecular flexibility index (Phi) is 3.84. The summed E-state index contributed by atoms with van der Waals surface area (Å²) in [5.41, 5.74) is 1.76. The number of para-hydroxylation sites is 1. The van der Waals surface area contributed by atoms with Gasteiger partial charge in [0.2, 0.25) is 0 Å². The highest BCUT2D eigenvalue weighted by molar-refractivity contribution is 5.92. The Balaban J connectivity index is 2.01. The van der Waals surface area contributed by atoms with Crippen LogP contribution in [0.1, 0.15) is 12.5 Å². The molecule has 0 radical (unpaired) electrons. The first kappa shape index (κ1) is 16.1. The van der Waals surface area contributed by atoms with Gasteiger partial charge in [-0.3, -0.25) is 0 Å². The number of ether oxygens (including phenoxy) is 1. The SMILES string of the molecule is CCc1cc2c(O)c(-c3ccc4ccccc4n3)c(=O)oc2cc1OC. The summed E-state index contributed by atoms with van der Waals surface area (Å²) in [4.78, 5) is 17.0. The number of aryl methyl sites for hydroxylation is 1. The summed E-state index contributed by atoms with van der Waals surface area (Å²) < 4.78 is 10.8. The maximum Gasteiger partial charge on any atom is 0.349 e. The minimum absolute atomic E-state index is 0.0653. The fourth-order valence-electron chi connectivity index (χ4n) is 3.16. The molecule has 4 rings (SSSR count). The molecule has 130 valence electrons. The number of aromatic nitrogens is 1. The maximum atomic E-state index is 12.5. The molecule has 1 N–H and O–H groups in total. The van der Waals surface area contributed by atoms with E-state index in [4.69, 9.17) is 9.15 Å². The Labute approximate surface area is 149 Å². The van der Waals surface area contributed by atoms with Crippen LogP contribution >= 0.6 is 0 Å². The number of hydrogen-bond donors (Lipinski definition) is 1. The van der Waals surface area contributed by atoms with E-state index in [1.54, 1.807) is 25.3 Å². The zero-order chi connectivity index (χ0) is 18.3. The number of pyridine rings is 1. The second-order valence-corrected chi connectivity index (χ2v) is 6.02. The van der Waals surface area contributed by atoms with Gasteiger partial charge in [-0.25, -0.2) is 9.78 Å². The van der Waals surface area contributed by atoms with Crippen molar-refractivity contribution in [3.8, 4) is 22.8 Å². The normalized spacial score (nSPS) is 11.2. The Bertz CT molecular complexity index is 1190.